The highest BCUT2D eigenvalue weighted by Gasteiger charge is 2.08. The average molecular weight is 219 g/mol. The summed E-state index contributed by atoms with van der Waals surface area (Å²) in [5, 5.41) is 26.1. The quantitative estimate of drug-likeness (QED) is 0.771. The van der Waals surface area contributed by atoms with Crippen LogP contribution in [0.5, 0.6) is 0 Å². The van der Waals surface area contributed by atoms with Crippen LogP contribution < -0.4 is 4.90 Å². The lowest BCUT2D eigenvalue weighted by molar-refractivity contribution is 0.281. The van der Waals surface area contributed by atoms with Gasteiger partial charge in [0, 0.05) is 5.69 Å². The van der Waals surface area contributed by atoms with E-state index in [4.69, 9.17) is 15.6 Å². The van der Waals surface area contributed by atoms with Crippen LogP contribution in [0, 0.1) is 28.5 Å². The molecule has 0 heterocycles. The number of nitrogens with zero attached hydrogens (tertiary/aromatic N) is 3. The van der Waals surface area contributed by atoms with Gasteiger partial charge in [-0.1, -0.05) is 0 Å². The van der Waals surface area contributed by atoms with E-state index < -0.39 is 5.82 Å². The van der Waals surface area contributed by atoms with Crippen molar-refractivity contribution in [3.8, 4) is 12.1 Å². The van der Waals surface area contributed by atoms with Crippen LogP contribution in [0.25, 0.3) is 0 Å². The first-order valence-electron chi connectivity index (χ1n) is 4.60. The molecule has 1 rings (SSSR count). The molecule has 1 aromatic carbocycles. The molecule has 5 heteroatoms. The van der Waals surface area contributed by atoms with Crippen molar-refractivity contribution in [2.75, 3.05) is 18.0 Å². The van der Waals surface area contributed by atoms with Gasteiger partial charge in [-0.25, -0.2) is 4.39 Å². The van der Waals surface area contributed by atoms with E-state index in [1.54, 1.807) is 6.07 Å². The summed E-state index contributed by atoms with van der Waals surface area (Å²) in [6, 6.07) is 7.79. The van der Waals surface area contributed by atoms with E-state index in [1.807, 2.05) is 12.1 Å². The summed E-state index contributed by atoms with van der Waals surface area (Å²) in [7, 11) is 0. The molecular weight excluding hydrogens is 209 g/mol. The Hall–Kier alpha value is -2.11. The number of hydrogen-bond acceptors (Lipinski definition) is 4. The van der Waals surface area contributed by atoms with E-state index in [9.17, 15) is 4.39 Å². The number of hydrogen-bond donors (Lipinski definition) is 1. The summed E-state index contributed by atoms with van der Waals surface area (Å²) in [5.74, 6) is -0.498. The zero-order valence-electron chi connectivity index (χ0n) is 8.52. The minimum Gasteiger partial charge on any atom is -0.392 e. The third kappa shape index (κ3) is 2.94. The van der Waals surface area contributed by atoms with Crippen LogP contribution in [0.15, 0.2) is 18.2 Å². The van der Waals surface area contributed by atoms with Crippen molar-refractivity contribution in [2.24, 2.45) is 0 Å². The van der Waals surface area contributed by atoms with Gasteiger partial charge >= 0.3 is 0 Å². The number of anilines is 1. The Morgan fingerprint density at radius 3 is 2.31 bits per heavy atom. The van der Waals surface area contributed by atoms with Crippen LogP contribution in [0.2, 0.25) is 0 Å². The zero-order valence-corrected chi connectivity index (χ0v) is 8.52. The van der Waals surface area contributed by atoms with E-state index in [0.29, 0.717) is 11.3 Å². The van der Waals surface area contributed by atoms with Gasteiger partial charge in [-0.2, -0.15) is 10.5 Å². The van der Waals surface area contributed by atoms with Crippen molar-refractivity contribution in [2.45, 2.75) is 6.61 Å². The monoisotopic (exact) mass is 219 g/mol. The summed E-state index contributed by atoms with van der Waals surface area (Å²) < 4.78 is 13.2. The van der Waals surface area contributed by atoms with Crippen molar-refractivity contribution < 1.29 is 9.50 Å². The molecular formula is C11H10FN3O. The fourth-order valence-corrected chi connectivity index (χ4v) is 1.32. The number of halogens is 1. The number of nitriles is 2. The van der Waals surface area contributed by atoms with Crippen molar-refractivity contribution in [1.82, 2.24) is 0 Å². The maximum atomic E-state index is 13.2. The molecule has 0 fully saturated rings. The highest BCUT2D eigenvalue weighted by atomic mass is 19.1. The molecule has 0 amide bonds. The first-order chi connectivity index (χ1) is 7.71. The minimum atomic E-state index is -0.498. The SMILES string of the molecule is N#CCN(CC#N)c1cc(F)cc(CO)c1. The van der Waals surface area contributed by atoms with E-state index in [2.05, 4.69) is 0 Å². The molecule has 0 aliphatic heterocycles. The Labute approximate surface area is 92.8 Å². The molecule has 0 radical (unpaired) electrons. The van der Waals surface area contributed by atoms with Gasteiger partial charge in [-0.05, 0) is 23.8 Å². The maximum Gasteiger partial charge on any atom is 0.125 e. The Bertz CT molecular complexity index is 432. The first kappa shape index (κ1) is 12.0. The lowest BCUT2D eigenvalue weighted by Gasteiger charge is -2.18. The highest BCUT2D eigenvalue weighted by molar-refractivity contribution is 5.50. The Balaban J connectivity index is 3.04. The van der Waals surface area contributed by atoms with Gasteiger partial charge in [-0.3, -0.25) is 0 Å². The molecule has 0 unspecified atom stereocenters. The largest absolute Gasteiger partial charge is 0.392 e. The molecule has 0 aliphatic carbocycles. The third-order valence-electron chi connectivity index (χ3n) is 2.01. The van der Waals surface area contributed by atoms with Crippen molar-refractivity contribution in [3.63, 3.8) is 0 Å². The second kappa shape index (κ2) is 5.69. The number of benzene rings is 1. The predicted octanol–water partition coefficient (Wildman–Crippen LogP) is 1.17. The summed E-state index contributed by atoms with van der Waals surface area (Å²) in [5.41, 5.74) is 0.836. The van der Waals surface area contributed by atoms with E-state index >= 15 is 0 Å². The molecule has 1 N–H and O–H groups in total. The molecule has 16 heavy (non-hydrogen) atoms. The first-order valence-corrected chi connectivity index (χ1v) is 4.60. The summed E-state index contributed by atoms with van der Waals surface area (Å²) in [4.78, 5) is 1.43. The topological polar surface area (TPSA) is 71.0 Å². The maximum absolute atomic E-state index is 13.2. The Kier molecular flexibility index (Phi) is 4.26. The molecule has 0 aliphatic rings. The van der Waals surface area contributed by atoms with E-state index in [1.165, 1.54) is 17.0 Å². The van der Waals surface area contributed by atoms with Gasteiger partial charge < -0.3 is 10.0 Å². The van der Waals surface area contributed by atoms with Crippen LogP contribution in [-0.2, 0) is 6.61 Å². The fraction of sp³-hybridized carbons (Fsp3) is 0.273. The molecule has 0 atom stereocenters. The standard InChI is InChI=1S/C11H10FN3O/c12-10-5-9(8-16)6-11(7-10)15(3-1-13)4-2-14/h5-7,16H,3-4,8H2. The molecule has 0 bridgehead atoms. The summed E-state index contributed by atoms with van der Waals surface area (Å²) in [6.07, 6.45) is 0. The van der Waals surface area contributed by atoms with Crippen molar-refractivity contribution in [1.29, 1.82) is 10.5 Å². The second-order valence-corrected chi connectivity index (χ2v) is 3.15. The predicted molar refractivity (Wildman–Crippen MR) is 55.8 cm³/mol. The molecule has 4 nitrogen and oxygen atoms in total. The second-order valence-electron chi connectivity index (χ2n) is 3.15. The molecule has 0 saturated heterocycles. The Morgan fingerprint density at radius 2 is 1.81 bits per heavy atom. The van der Waals surface area contributed by atoms with Crippen LogP contribution in [0.1, 0.15) is 5.56 Å². The van der Waals surface area contributed by atoms with Crippen LogP contribution in [-0.4, -0.2) is 18.2 Å². The highest BCUT2D eigenvalue weighted by Crippen LogP contribution is 2.18. The molecule has 1 aromatic rings. The smallest absolute Gasteiger partial charge is 0.125 e. The normalized spacial score (nSPS) is 9.25. The van der Waals surface area contributed by atoms with E-state index in [-0.39, 0.29) is 19.7 Å². The number of aliphatic hydroxyl groups excluding tert-OH is 1. The van der Waals surface area contributed by atoms with Gasteiger partial charge in [0.15, 0.2) is 0 Å². The minimum absolute atomic E-state index is 0.00187. The van der Waals surface area contributed by atoms with Gasteiger partial charge in [0.1, 0.15) is 18.9 Å². The average Bonchev–Trinajstić information content (AvgIpc) is 2.28. The number of aliphatic hydroxyl groups is 1. The van der Waals surface area contributed by atoms with Gasteiger partial charge in [0.05, 0.1) is 18.7 Å². The lowest BCUT2D eigenvalue weighted by atomic mass is 10.2. The molecule has 0 aromatic heterocycles. The van der Waals surface area contributed by atoms with Crippen LogP contribution in [0.4, 0.5) is 10.1 Å². The van der Waals surface area contributed by atoms with Crippen LogP contribution >= 0.6 is 0 Å². The molecule has 0 spiro atoms. The zero-order chi connectivity index (χ0) is 12.0. The van der Waals surface area contributed by atoms with Gasteiger partial charge in [0.25, 0.3) is 0 Å². The molecule has 0 saturated carbocycles. The number of rotatable bonds is 4. The van der Waals surface area contributed by atoms with Crippen molar-refractivity contribution in [3.05, 3.63) is 29.6 Å². The lowest BCUT2D eigenvalue weighted by Crippen LogP contribution is -2.24. The van der Waals surface area contributed by atoms with Gasteiger partial charge in [-0.15, -0.1) is 0 Å². The van der Waals surface area contributed by atoms with Crippen LogP contribution in [0.3, 0.4) is 0 Å². The summed E-state index contributed by atoms with van der Waals surface area (Å²) >= 11 is 0. The third-order valence-corrected chi connectivity index (χ3v) is 2.01. The molecule has 82 valence electrons. The summed E-state index contributed by atoms with van der Waals surface area (Å²) in [6.45, 7) is -0.276. The van der Waals surface area contributed by atoms with E-state index in [0.717, 1.165) is 0 Å². The Morgan fingerprint density at radius 1 is 1.19 bits per heavy atom. The van der Waals surface area contributed by atoms with Crippen molar-refractivity contribution >= 4 is 5.69 Å². The van der Waals surface area contributed by atoms with Gasteiger partial charge in [0.2, 0.25) is 0 Å². The fourth-order valence-electron chi connectivity index (χ4n) is 1.32.